The molecule has 2 aromatic heterocycles. The van der Waals surface area contributed by atoms with Crippen LogP contribution in [-0.2, 0) is 11.3 Å². The number of carboxylic acids is 1. The van der Waals surface area contributed by atoms with Gasteiger partial charge in [-0.25, -0.2) is 4.68 Å². The lowest BCUT2D eigenvalue weighted by Crippen LogP contribution is -2.42. The first-order chi connectivity index (χ1) is 9.64. The zero-order valence-electron chi connectivity index (χ0n) is 10.9. The Morgan fingerprint density at radius 2 is 2.40 bits per heavy atom. The fraction of sp³-hybridized carbons (Fsp3) is 0.500. The van der Waals surface area contributed by atoms with Crippen LogP contribution in [-0.4, -0.2) is 38.4 Å². The third-order valence-electron chi connectivity index (χ3n) is 3.78. The van der Waals surface area contributed by atoms with Crippen LogP contribution in [0.15, 0.2) is 11.4 Å². The molecule has 0 atom stereocenters. The van der Waals surface area contributed by atoms with Crippen LogP contribution in [0, 0.1) is 5.41 Å². The molecule has 0 aliphatic heterocycles. The van der Waals surface area contributed by atoms with Crippen LogP contribution < -0.4 is 4.74 Å². The van der Waals surface area contributed by atoms with Gasteiger partial charge in [-0.05, 0) is 23.3 Å². The van der Waals surface area contributed by atoms with Crippen molar-refractivity contribution in [1.82, 2.24) is 20.2 Å². The maximum Gasteiger partial charge on any atom is 0.311 e. The van der Waals surface area contributed by atoms with E-state index in [-0.39, 0.29) is 0 Å². The average Bonchev–Trinajstić information content (AvgIpc) is 3.01. The molecule has 1 N–H and O–H groups in total. The van der Waals surface area contributed by atoms with Crippen molar-refractivity contribution in [2.45, 2.75) is 25.8 Å². The molecule has 106 valence electrons. The molecule has 0 aromatic carbocycles. The van der Waals surface area contributed by atoms with Crippen molar-refractivity contribution in [3.05, 3.63) is 11.4 Å². The number of carboxylic acid groups (broad SMARTS) is 1. The number of hydrogen-bond acceptors (Lipinski definition) is 6. The molecule has 0 bridgehead atoms. The summed E-state index contributed by atoms with van der Waals surface area (Å²) in [6.07, 6.45) is 2.29. The minimum absolute atomic E-state index is 0.310. The fourth-order valence-electron chi connectivity index (χ4n) is 2.36. The van der Waals surface area contributed by atoms with E-state index in [1.807, 2.05) is 11.4 Å². The highest BCUT2D eigenvalue weighted by Crippen LogP contribution is 2.43. The fourth-order valence-corrected chi connectivity index (χ4v) is 3.20. The molecule has 1 saturated carbocycles. The van der Waals surface area contributed by atoms with E-state index < -0.39 is 11.4 Å². The van der Waals surface area contributed by atoms with Crippen molar-refractivity contribution in [3.63, 3.8) is 0 Å². The van der Waals surface area contributed by atoms with Gasteiger partial charge in [-0.3, -0.25) is 4.79 Å². The highest BCUT2D eigenvalue weighted by molar-refractivity contribution is 7.13. The highest BCUT2D eigenvalue weighted by atomic mass is 32.1. The van der Waals surface area contributed by atoms with Gasteiger partial charge in [0.25, 0.3) is 0 Å². The number of nitrogens with zero attached hydrogens (tertiary/aromatic N) is 4. The van der Waals surface area contributed by atoms with Crippen molar-refractivity contribution in [2.75, 3.05) is 7.11 Å². The lowest BCUT2D eigenvalue weighted by molar-refractivity contribution is -0.156. The van der Waals surface area contributed by atoms with Crippen molar-refractivity contribution >= 4 is 17.3 Å². The third kappa shape index (κ3) is 2.05. The van der Waals surface area contributed by atoms with Crippen LogP contribution in [0.25, 0.3) is 10.7 Å². The predicted octanol–water partition coefficient (Wildman–Crippen LogP) is 1.67. The Labute approximate surface area is 119 Å². The molecule has 0 unspecified atom stereocenters. The molecule has 8 heteroatoms. The van der Waals surface area contributed by atoms with Gasteiger partial charge in [-0.2, -0.15) is 0 Å². The molecule has 1 fully saturated rings. The summed E-state index contributed by atoms with van der Waals surface area (Å²) in [6, 6.07) is 1.85. The summed E-state index contributed by atoms with van der Waals surface area (Å²) in [5, 5.41) is 22.9. The monoisotopic (exact) mass is 294 g/mol. The Balaban J connectivity index is 1.88. The van der Waals surface area contributed by atoms with E-state index in [1.165, 1.54) is 11.3 Å². The quantitative estimate of drug-likeness (QED) is 0.902. The average molecular weight is 294 g/mol. The Bertz CT molecular complexity index is 632. The number of aliphatic carboxylic acids is 1. The first-order valence-electron chi connectivity index (χ1n) is 6.27. The maximum atomic E-state index is 11.4. The lowest BCUT2D eigenvalue weighted by Gasteiger charge is -2.37. The van der Waals surface area contributed by atoms with E-state index in [9.17, 15) is 9.90 Å². The van der Waals surface area contributed by atoms with Crippen molar-refractivity contribution < 1.29 is 14.6 Å². The number of aromatic nitrogens is 4. The normalized spacial score (nSPS) is 16.6. The SMILES string of the molecule is COc1csc(-c2nnnn2CC2(C(=O)O)CCC2)c1. The van der Waals surface area contributed by atoms with Gasteiger partial charge in [0.2, 0.25) is 0 Å². The van der Waals surface area contributed by atoms with E-state index in [4.69, 9.17) is 4.74 Å². The van der Waals surface area contributed by atoms with Crippen molar-refractivity contribution in [1.29, 1.82) is 0 Å². The van der Waals surface area contributed by atoms with Crippen molar-refractivity contribution in [2.24, 2.45) is 5.41 Å². The smallest absolute Gasteiger partial charge is 0.311 e. The van der Waals surface area contributed by atoms with E-state index in [0.29, 0.717) is 25.2 Å². The second-order valence-electron chi connectivity index (χ2n) is 4.95. The molecule has 0 radical (unpaired) electrons. The minimum atomic E-state index is -0.769. The zero-order chi connectivity index (χ0) is 14.2. The zero-order valence-corrected chi connectivity index (χ0v) is 11.8. The molecule has 20 heavy (non-hydrogen) atoms. The Morgan fingerprint density at radius 1 is 1.60 bits per heavy atom. The molecule has 0 saturated heterocycles. The van der Waals surface area contributed by atoms with Gasteiger partial charge in [0, 0.05) is 11.4 Å². The predicted molar refractivity (Wildman–Crippen MR) is 71.6 cm³/mol. The Hall–Kier alpha value is -1.96. The van der Waals surface area contributed by atoms with E-state index in [1.54, 1.807) is 11.8 Å². The second kappa shape index (κ2) is 4.86. The van der Waals surface area contributed by atoms with Gasteiger partial charge in [0.15, 0.2) is 5.82 Å². The molecule has 0 amide bonds. The second-order valence-corrected chi connectivity index (χ2v) is 5.86. The molecule has 1 aliphatic rings. The first-order valence-corrected chi connectivity index (χ1v) is 7.15. The van der Waals surface area contributed by atoms with Gasteiger partial charge >= 0.3 is 5.97 Å². The summed E-state index contributed by atoms with van der Waals surface area (Å²) in [6.45, 7) is 0.310. The van der Waals surface area contributed by atoms with E-state index >= 15 is 0 Å². The molecular formula is C12H14N4O3S. The highest BCUT2D eigenvalue weighted by Gasteiger charge is 2.45. The summed E-state index contributed by atoms with van der Waals surface area (Å²) < 4.78 is 6.72. The number of tetrazole rings is 1. The topological polar surface area (TPSA) is 90.1 Å². The summed E-state index contributed by atoms with van der Waals surface area (Å²) in [5.41, 5.74) is -0.717. The van der Waals surface area contributed by atoms with Crippen LogP contribution in [0.2, 0.25) is 0 Å². The summed E-state index contributed by atoms with van der Waals surface area (Å²) in [7, 11) is 1.60. The molecule has 1 aliphatic carbocycles. The molecule has 2 heterocycles. The van der Waals surface area contributed by atoms with E-state index in [0.717, 1.165) is 17.0 Å². The van der Waals surface area contributed by atoms with E-state index in [2.05, 4.69) is 15.5 Å². The third-order valence-corrected chi connectivity index (χ3v) is 4.68. The lowest BCUT2D eigenvalue weighted by atomic mass is 9.69. The van der Waals surface area contributed by atoms with Crippen LogP contribution in [0.5, 0.6) is 5.75 Å². The van der Waals surface area contributed by atoms with Crippen molar-refractivity contribution in [3.8, 4) is 16.5 Å². The number of hydrogen-bond donors (Lipinski definition) is 1. The van der Waals surface area contributed by atoms with Gasteiger partial charge < -0.3 is 9.84 Å². The van der Waals surface area contributed by atoms with Gasteiger partial charge in [-0.1, -0.05) is 6.42 Å². The standard InChI is InChI=1S/C12H14N4O3S/c1-19-8-5-9(20-6-8)10-13-14-15-16(10)7-12(11(17)18)3-2-4-12/h5-6H,2-4,7H2,1H3,(H,17,18). The summed E-state index contributed by atoms with van der Waals surface area (Å²) in [5.74, 6) is 0.566. The molecule has 3 rings (SSSR count). The maximum absolute atomic E-state index is 11.4. The first kappa shape index (κ1) is 13.0. The van der Waals surface area contributed by atoms with Gasteiger partial charge in [-0.15, -0.1) is 16.4 Å². The minimum Gasteiger partial charge on any atom is -0.496 e. The summed E-state index contributed by atoms with van der Waals surface area (Å²) >= 11 is 1.47. The number of ether oxygens (including phenoxy) is 1. The molecule has 2 aromatic rings. The van der Waals surface area contributed by atoms with Crippen LogP contribution in [0.4, 0.5) is 0 Å². The summed E-state index contributed by atoms with van der Waals surface area (Å²) in [4.78, 5) is 12.3. The largest absolute Gasteiger partial charge is 0.496 e. The van der Waals surface area contributed by atoms with Gasteiger partial charge in [0.05, 0.1) is 23.9 Å². The molecule has 7 nitrogen and oxygen atoms in total. The Kier molecular flexibility index (Phi) is 3.17. The Morgan fingerprint density at radius 3 is 2.95 bits per heavy atom. The van der Waals surface area contributed by atoms with Crippen LogP contribution in [0.3, 0.4) is 0 Å². The van der Waals surface area contributed by atoms with Gasteiger partial charge in [0.1, 0.15) is 5.75 Å². The van der Waals surface area contributed by atoms with Crippen LogP contribution in [0.1, 0.15) is 19.3 Å². The van der Waals surface area contributed by atoms with Crippen LogP contribution >= 0.6 is 11.3 Å². The number of methoxy groups -OCH3 is 1. The molecular weight excluding hydrogens is 280 g/mol. The number of thiophene rings is 1. The molecule has 0 spiro atoms. The number of rotatable bonds is 5. The number of carbonyl (C=O) groups is 1.